The number of amides is 1. The number of hydrogen-bond donors (Lipinski definition) is 1. The van der Waals surface area contributed by atoms with E-state index in [1.807, 2.05) is 49.4 Å². The molecule has 3 rings (SSSR count). The maximum atomic E-state index is 12.5. The quantitative estimate of drug-likeness (QED) is 0.590. The normalized spacial score (nSPS) is 11.7. The van der Waals surface area contributed by atoms with E-state index in [2.05, 4.69) is 27.5 Å². The number of aromatic nitrogens is 3. The van der Waals surface area contributed by atoms with Crippen LogP contribution in [-0.2, 0) is 17.8 Å². The molecule has 0 fully saturated rings. The third-order valence-corrected chi connectivity index (χ3v) is 4.23. The van der Waals surface area contributed by atoms with Gasteiger partial charge < -0.3 is 10.1 Å². The van der Waals surface area contributed by atoms with E-state index < -0.39 is 0 Å². The standard InChI is InChI=1S/C21H24N4O2/c1-17(14-25-16-22-15-23-25)21(26)24-19-11-5-6-12-20(19)27-13-7-10-18-8-3-2-4-9-18/h2-6,8-9,11-12,15-17H,7,10,13-14H2,1H3,(H,24,26)/t17-/m0/s1. The van der Waals surface area contributed by atoms with Gasteiger partial charge in [0.2, 0.25) is 5.91 Å². The van der Waals surface area contributed by atoms with Crippen molar-refractivity contribution in [3.63, 3.8) is 0 Å². The third kappa shape index (κ3) is 5.67. The highest BCUT2D eigenvalue weighted by Crippen LogP contribution is 2.24. The van der Waals surface area contributed by atoms with Crippen molar-refractivity contribution >= 4 is 11.6 Å². The van der Waals surface area contributed by atoms with Gasteiger partial charge in [0.15, 0.2) is 0 Å². The second-order valence-corrected chi connectivity index (χ2v) is 6.44. The number of carbonyl (C=O) groups is 1. The number of aryl methyl sites for hydroxylation is 1. The fourth-order valence-corrected chi connectivity index (χ4v) is 2.75. The minimum Gasteiger partial charge on any atom is -0.491 e. The fraction of sp³-hybridized carbons (Fsp3) is 0.286. The molecule has 1 heterocycles. The number of nitrogens with one attached hydrogen (secondary N) is 1. The van der Waals surface area contributed by atoms with Crippen molar-refractivity contribution in [1.82, 2.24) is 14.8 Å². The van der Waals surface area contributed by atoms with Crippen LogP contribution in [0.5, 0.6) is 5.75 Å². The second-order valence-electron chi connectivity index (χ2n) is 6.44. The summed E-state index contributed by atoms with van der Waals surface area (Å²) in [6.07, 6.45) is 4.94. The maximum Gasteiger partial charge on any atom is 0.229 e. The lowest BCUT2D eigenvalue weighted by Crippen LogP contribution is -2.25. The molecule has 1 amide bonds. The summed E-state index contributed by atoms with van der Waals surface area (Å²) in [5, 5.41) is 6.99. The zero-order valence-electron chi connectivity index (χ0n) is 15.4. The Morgan fingerprint density at radius 1 is 1.15 bits per heavy atom. The van der Waals surface area contributed by atoms with E-state index in [0.29, 0.717) is 24.6 Å². The number of nitrogens with zero attached hydrogens (tertiary/aromatic N) is 3. The molecule has 3 aromatic rings. The molecule has 0 bridgehead atoms. The molecule has 2 aromatic carbocycles. The molecular weight excluding hydrogens is 340 g/mol. The van der Waals surface area contributed by atoms with E-state index in [0.717, 1.165) is 12.8 Å². The van der Waals surface area contributed by atoms with Crippen LogP contribution in [0.1, 0.15) is 18.9 Å². The van der Waals surface area contributed by atoms with Crippen molar-refractivity contribution in [3.05, 3.63) is 72.8 Å². The first kappa shape index (κ1) is 18.6. The average molecular weight is 364 g/mol. The zero-order valence-corrected chi connectivity index (χ0v) is 15.4. The number of rotatable bonds is 9. The van der Waals surface area contributed by atoms with Crippen molar-refractivity contribution in [3.8, 4) is 5.75 Å². The Morgan fingerprint density at radius 3 is 2.70 bits per heavy atom. The molecule has 0 saturated heterocycles. The fourth-order valence-electron chi connectivity index (χ4n) is 2.75. The molecule has 1 aromatic heterocycles. The Bertz CT molecular complexity index is 834. The molecule has 6 heteroatoms. The molecule has 6 nitrogen and oxygen atoms in total. The Balaban J connectivity index is 1.51. The summed E-state index contributed by atoms with van der Waals surface area (Å²) in [4.78, 5) is 16.4. The van der Waals surface area contributed by atoms with E-state index in [-0.39, 0.29) is 11.8 Å². The molecule has 1 atom stereocenters. The van der Waals surface area contributed by atoms with Gasteiger partial charge in [0.05, 0.1) is 24.8 Å². The van der Waals surface area contributed by atoms with Gasteiger partial charge in [-0.3, -0.25) is 9.48 Å². The van der Waals surface area contributed by atoms with Gasteiger partial charge in [-0.05, 0) is 30.5 Å². The van der Waals surface area contributed by atoms with Crippen molar-refractivity contribution in [2.75, 3.05) is 11.9 Å². The molecule has 0 unspecified atom stereocenters. The maximum absolute atomic E-state index is 12.5. The van der Waals surface area contributed by atoms with Gasteiger partial charge in [-0.25, -0.2) is 4.98 Å². The SMILES string of the molecule is C[C@@H](Cn1cncn1)C(=O)Nc1ccccc1OCCCc1ccccc1. The first-order chi connectivity index (χ1) is 13.2. The van der Waals surface area contributed by atoms with E-state index in [9.17, 15) is 4.79 Å². The lowest BCUT2D eigenvalue weighted by Gasteiger charge is -2.15. The molecule has 1 N–H and O–H groups in total. The van der Waals surface area contributed by atoms with Crippen molar-refractivity contribution < 1.29 is 9.53 Å². The van der Waals surface area contributed by atoms with Crippen LogP contribution in [0.4, 0.5) is 5.69 Å². The van der Waals surface area contributed by atoms with Gasteiger partial charge >= 0.3 is 0 Å². The van der Waals surface area contributed by atoms with Crippen molar-refractivity contribution in [2.45, 2.75) is 26.3 Å². The summed E-state index contributed by atoms with van der Waals surface area (Å²) in [6, 6.07) is 17.9. The van der Waals surface area contributed by atoms with Crippen LogP contribution >= 0.6 is 0 Å². The summed E-state index contributed by atoms with van der Waals surface area (Å²) in [7, 11) is 0. The van der Waals surface area contributed by atoms with E-state index in [1.54, 1.807) is 11.0 Å². The Kier molecular flexibility index (Phi) is 6.57. The molecule has 0 aliphatic rings. The number of hydrogen-bond acceptors (Lipinski definition) is 4. The number of benzene rings is 2. The summed E-state index contributed by atoms with van der Waals surface area (Å²) in [5.74, 6) is 0.371. The number of para-hydroxylation sites is 2. The van der Waals surface area contributed by atoms with Gasteiger partial charge in [0.1, 0.15) is 18.4 Å². The predicted molar refractivity (Wildman–Crippen MR) is 105 cm³/mol. The van der Waals surface area contributed by atoms with Gasteiger partial charge in [-0.1, -0.05) is 49.4 Å². The Labute approximate surface area is 159 Å². The molecule has 140 valence electrons. The molecule has 0 aliphatic heterocycles. The minimum absolute atomic E-state index is 0.0779. The topological polar surface area (TPSA) is 69.0 Å². The lowest BCUT2D eigenvalue weighted by atomic mass is 10.1. The number of ether oxygens (including phenoxy) is 1. The smallest absolute Gasteiger partial charge is 0.229 e. The van der Waals surface area contributed by atoms with Gasteiger partial charge in [-0.15, -0.1) is 0 Å². The van der Waals surface area contributed by atoms with Crippen molar-refractivity contribution in [1.29, 1.82) is 0 Å². The van der Waals surface area contributed by atoms with Crippen LogP contribution in [0, 0.1) is 5.92 Å². The third-order valence-electron chi connectivity index (χ3n) is 4.23. The van der Waals surface area contributed by atoms with E-state index in [1.165, 1.54) is 11.9 Å². The zero-order chi connectivity index (χ0) is 18.9. The molecule has 0 saturated carbocycles. The summed E-state index contributed by atoms with van der Waals surface area (Å²) in [6.45, 7) is 2.93. The molecular formula is C21H24N4O2. The molecule has 27 heavy (non-hydrogen) atoms. The first-order valence-electron chi connectivity index (χ1n) is 9.11. The highest BCUT2D eigenvalue weighted by Gasteiger charge is 2.16. The summed E-state index contributed by atoms with van der Waals surface area (Å²) >= 11 is 0. The molecule has 0 aliphatic carbocycles. The predicted octanol–water partition coefficient (Wildman–Crippen LogP) is 3.56. The number of anilines is 1. The van der Waals surface area contributed by atoms with E-state index in [4.69, 9.17) is 4.74 Å². The Hall–Kier alpha value is -3.15. The molecule has 0 spiro atoms. The van der Waals surface area contributed by atoms with Crippen LogP contribution in [0.3, 0.4) is 0 Å². The van der Waals surface area contributed by atoms with Crippen LogP contribution in [0.25, 0.3) is 0 Å². The van der Waals surface area contributed by atoms with Crippen LogP contribution in [0.15, 0.2) is 67.3 Å². The van der Waals surface area contributed by atoms with E-state index >= 15 is 0 Å². The van der Waals surface area contributed by atoms with Gasteiger partial charge in [0, 0.05) is 0 Å². The second kappa shape index (κ2) is 9.52. The monoisotopic (exact) mass is 364 g/mol. The van der Waals surface area contributed by atoms with Gasteiger partial charge in [-0.2, -0.15) is 5.10 Å². The minimum atomic E-state index is -0.238. The Morgan fingerprint density at radius 2 is 1.93 bits per heavy atom. The largest absolute Gasteiger partial charge is 0.491 e. The van der Waals surface area contributed by atoms with Crippen LogP contribution in [0.2, 0.25) is 0 Å². The molecule has 0 radical (unpaired) electrons. The van der Waals surface area contributed by atoms with Crippen LogP contribution in [-0.4, -0.2) is 27.3 Å². The summed E-state index contributed by atoms with van der Waals surface area (Å²) < 4.78 is 7.55. The highest BCUT2D eigenvalue weighted by molar-refractivity contribution is 5.93. The highest BCUT2D eigenvalue weighted by atomic mass is 16.5. The van der Waals surface area contributed by atoms with Crippen molar-refractivity contribution in [2.24, 2.45) is 5.92 Å². The number of carbonyl (C=O) groups excluding carboxylic acids is 1. The average Bonchev–Trinajstić information content (AvgIpc) is 3.20. The lowest BCUT2D eigenvalue weighted by molar-refractivity contribution is -0.119. The summed E-state index contributed by atoms with van der Waals surface area (Å²) in [5.41, 5.74) is 1.98. The van der Waals surface area contributed by atoms with Gasteiger partial charge in [0.25, 0.3) is 0 Å². The van der Waals surface area contributed by atoms with Crippen LogP contribution < -0.4 is 10.1 Å². The first-order valence-corrected chi connectivity index (χ1v) is 9.11.